The first-order valence-electron chi connectivity index (χ1n) is 7.83. The summed E-state index contributed by atoms with van der Waals surface area (Å²) in [6.07, 6.45) is 1.84. The molecule has 1 aliphatic carbocycles. The van der Waals surface area contributed by atoms with E-state index < -0.39 is 5.97 Å². The molecule has 1 aromatic carbocycles. The molecule has 1 heterocycles. The fraction of sp³-hybridized carbons (Fsp3) is 0.529. The summed E-state index contributed by atoms with van der Waals surface area (Å²) >= 11 is 1.88. The van der Waals surface area contributed by atoms with Gasteiger partial charge in [-0.25, -0.2) is 0 Å². The zero-order valence-corrected chi connectivity index (χ0v) is 13.3. The zero-order chi connectivity index (χ0) is 15.5. The topological polar surface area (TPSA) is 57.6 Å². The highest BCUT2D eigenvalue weighted by atomic mass is 32.2. The monoisotopic (exact) mass is 319 g/mol. The Bertz CT molecular complexity index is 548. The molecule has 1 saturated carbocycles. The van der Waals surface area contributed by atoms with E-state index in [-0.39, 0.29) is 23.8 Å². The van der Waals surface area contributed by atoms with Gasteiger partial charge in [0, 0.05) is 24.0 Å². The van der Waals surface area contributed by atoms with Gasteiger partial charge >= 0.3 is 5.97 Å². The number of thioether (sulfide) groups is 1. The molecule has 0 aromatic heterocycles. The number of carbonyl (C=O) groups excluding carboxylic acids is 1. The highest BCUT2D eigenvalue weighted by Crippen LogP contribution is 2.36. The van der Waals surface area contributed by atoms with Gasteiger partial charge in [0.25, 0.3) is 0 Å². The highest BCUT2D eigenvalue weighted by molar-refractivity contribution is 7.99. The Balaban J connectivity index is 1.74. The summed E-state index contributed by atoms with van der Waals surface area (Å²) in [5, 5.41) is 9.12. The molecule has 1 aromatic rings. The third-order valence-electron chi connectivity index (χ3n) is 4.73. The average Bonchev–Trinajstić information content (AvgIpc) is 3.05. The number of rotatable bonds is 3. The van der Waals surface area contributed by atoms with Gasteiger partial charge in [0.15, 0.2) is 0 Å². The molecule has 1 amide bonds. The van der Waals surface area contributed by atoms with Crippen LogP contribution in [0.4, 0.5) is 0 Å². The molecule has 22 heavy (non-hydrogen) atoms. The van der Waals surface area contributed by atoms with E-state index in [0.29, 0.717) is 19.3 Å². The molecule has 4 nitrogen and oxygen atoms in total. The lowest BCUT2D eigenvalue weighted by Crippen LogP contribution is -2.43. The second-order valence-corrected chi connectivity index (χ2v) is 7.23. The predicted octanol–water partition coefficient (Wildman–Crippen LogP) is 2.80. The van der Waals surface area contributed by atoms with Crippen molar-refractivity contribution in [3.63, 3.8) is 0 Å². The van der Waals surface area contributed by atoms with E-state index in [1.807, 2.05) is 34.9 Å². The van der Waals surface area contributed by atoms with E-state index in [1.54, 1.807) is 0 Å². The van der Waals surface area contributed by atoms with Crippen LogP contribution in [0.2, 0.25) is 0 Å². The van der Waals surface area contributed by atoms with Crippen molar-refractivity contribution in [1.82, 2.24) is 4.90 Å². The lowest BCUT2D eigenvalue weighted by molar-refractivity contribution is -0.142. The summed E-state index contributed by atoms with van der Waals surface area (Å²) in [5.41, 5.74) is 1.18. The third kappa shape index (κ3) is 3.14. The summed E-state index contributed by atoms with van der Waals surface area (Å²) < 4.78 is 0. The van der Waals surface area contributed by atoms with E-state index in [1.165, 1.54) is 5.56 Å². The molecule has 2 fully saturated rings. The molecule has 118 valence electrons. The van der Waals surface area contributed by atoms with Crippen molar-refractivity contribution in [1.29, 1.82) is 0 Å². The maximum atomic E-state index is 12.9. The second kappa shape index (κ2) is 6.73. The van der Waals surface area contributed by atoms with E-state index in [2.05, 4.69) is 12.1 Å². The molecular weight excluding hydrogens is 298 g/mol. The fourth-order valence-corrected chi connectivity index (χ4v) is 4.57. The van der Waals surface area contributed by atoms with E-state index in [0.717, 1.165) is 18.1 Å². The molecule has 0 bridgehead atoms. The molecular formula is C17H21NO3S. The van der Waals surface area contributed by atoms with Crippen LogP contribution in [0.5, 0.6) is 0 Å². The second-order valence-electron chi connectivity index (χ2n) is 6.08. The largest absolute Gasteiger partial charge is 0.481 e. The summed E-state index contributed by atoms with van der Waals surface area (Å²) in [6, 6.07) is 10.3. The van der Waals surface area contributed by atoms with Crippen molar-refractivity contribution in [2.75, 3.05) is 18.1 Å². The number of carbonyl (C=O) groups is 2. The van der Waals surface area contributed by atoms with E-state index in [4.69, 9.17) is 5.11 Å². The Labute approximate surface area is 134 Å². The van der Waals surface area contributed by atoms with Crippen LogP contribution in [0.25, 0.3) is 0 Å². The minimum Gasteiger partial charge on any atom is -0.481 e. The van der Waals surface area contributed by atoms with Gasteiger partial charge in [-0.2, -0.15) is 11.8 Å². The summed E-state index contributed by atoms with van der Waals surface area (Å²) in [5.74, 6) is 0.815. The van der Waals surface area contributed by atoms with Crippen molar-refractivity contribution in [2.24, 2.45) is 11.8 Å². The fourth-order valence-electron chi connectivity index (χ4n) is 3.48. The molecule has 5 heteroatoms. The van der Waals surface area contributed by atoms with Crippen LogP contribution in [0.1, 0.15) is 30.9 Å². The Morgan fingerprint density at radius 2 is 1.86 bits per heavy atom. The Morgan fingerprint density at radius 1 is 1.14 bits per heavy atom. The highest BCUT2D eigenvalue weighted by Gasteiger charge is 2.38. The number of hydrogen-bond donors (Lipinski definition) is 1. The SMILES string of the molecule is O=C(O)[C@@H]1CC[C@H](C(=O)N2CCSCC2c2ccccc2)C1. The lowest BCUT2D eigenvalue weighted by atomic mass is 10.0. The van der Waals surface area contributed by atoms with Crippen molar-refractivity contribution in [3.05, 3.63) is 35.9 Å². The minimum atomic E-state index is -0.760. The number of amides is 1. The smallest absolute Gasteiger partial charge is 0.306 e. The predicted molar refractivity (Wildman–Crippen MR) is 86.7 cm³/mol. The van der Waals surface area contributed by atoms with E-state index >= 15 is 0 Å². The van der Waals surface area contributed by atoms with Crippen molar-refractivity contribution < 1.29 is 14.7 Å². The van der Waals surface area contributed by atoms with Gasteiger partial charge in [-0.15, -0.1) is 0 Å². The number of benzene rings is 1. The molecule has 0 radical (unpaired) electrons. The van der Waals surface area contributed by atoms with Gasteiger partial charge in [-0.3, -0.25) is 9.59 Å². The minimum absolute atomic E-state index is 0.115. The number of nitrogens with zero attached hydrogens (tertiary/aromatic N) is 1. The van der Waals surface area contributed by atoms with Crippen molar-refractivity contribution in [3.8, 4) is 0 Å². The van der Waals surface area contributed by atoms with Crippen LogP contribution < -0.4 is 0 Å². The summed E-state index contributed by atoms with van der Waals surface area (Å²) in [7, 11) is 0. The van der Waals surface area contributed by atoms with Crippen LogP contribution in [-0.4, -0.2) is 39.9 Å². The van der Waals surface area contributed by atoms with Gasteiger partial charge in [-0.1, -0.05) is 30.3 Å². The van der Waals surface area contributed by atoms with Crippen LogP contribution in [0, 0.1) is 11.8 Å². The number of hydrogen-bond acceptors (Lipinski definition) is 3. The van der Waals surface area contributed by atoms with Crippen molar-refractivity contribution in [2.45, 2.75) is 25.3 Å². The quantitative estimate of drug-likeness (QED) is 0.931. The van der Waals surface area contributed by atoms with E-state index in [9.17, 15) is 9.59 Å². The standard InChI is InChI=1S/C17H21NO3S/c19-16(13-6-7-14(10-13)17(20)21)18-8-9-22-11-15(18)12-4-2-1-3-5-12/h1-5,13-15H,6-11H2,(H,20,21)/t13-,14+,15?/m0/s1. The molecule has 2 aliphatic rings. The maximum absolute atomic E-state index is 12.9. The number of carboxylic acid groups (broad SMARTS) is 1. The first-order valence-corrected chi connectivity index (χ1v) is 8.98. The summed E-state index contributed by atoms with van der Waals surface area (Å²) in [4.78, 5) is 26.0. The molecule has 1 N–H and O–H groups in total. The molecule has 1 unspecified atom stereocenters. The molecule has 0 spiro atoms. The molecule has 3 rings (SSSR count). The van der Waals surface area contributed by atoms with Gasteiger partial charge in [0.05, 0.1) is 12.0 Å². The van der Waals surface area contributed by atoms with Crippen LogP contribution in [-0.2, 0) is 9.59 Å². The lowest BCUT2D eigenvalue weighted by Gasteiger charge is -2.37. The Hall–Kier alpha value is -1.49. The van der Waals surface area contributed by atoms with Gasteiger partial charge in [-0.05, 0) is 24.8 Å². The maximum Gasteiger partial charge on any atom is 0.306 e. The summed E-state index contributed by atoms with van der Waals surface area (Å²) in [6.45, 7) is 0.761. The van der Waals surface area contributed by atoms with Crippen LogP contribution >= 0.6 is 11.8 Å². The number of carboxylic acids is 1. The van der Waals surface area contributed by atoms with Gasteiger partial charge in [0.2, 0.25) is 5.91 Å². The Morgan fingerprint density at radius 3 is 2.55 bits per heavy atom. The Kier molecular flexibility index (Phi) is 4.71. The average molecular weight is 319 g/mol. The van der Waals surface area contributed by atoms with Crippen LogP contribution in [0.3, 0.4) is 0 Å². The normalized spacial score (nSPS) is 28.5. The first-order chi connectivity index (χ1) is 10.7. The number of aliphatic carboxylic acids is 1. The molecule has 3 atom stereocenters. The third-order valence-corrected chi connectivity index (χ3v) is 5.75. The van der Waals surface area contributed by atoms with Crippen LogP contribution in [0.15, 0.2) is 30.3 Å². The van der Waals surface area contributed by atoms with Crippen molar-refractivity contribution >= 4 is 23.6 Å². The zero-order valence-electron chi connectivity index (χ0n) is 12.5. The first kappa shape index (κ1) is 15.4. The molecule has 1 saturated heterocycles. The van der Waals surface area contributed by atoms with Gasteiger partial charge < -0.3 is 10.0 Å². The van der Waals surface area contributed by atoms with Gasteiger partial charge in [0.1, 0.15) is 0 Å². The molecule has 1 aliphatic heterocycles.